The van der Waals surface area contributed by atoms with Gasteiger partial charge in [0.1, 0.15) is 23.9 Å². The van der Waals surface area contributed by atoms with Crippen LogP contribution < -0.4 is 5.73 Å². The number of anilines is 1. The van der Waals surface area contributed by atoms with Crippen molar-refractivity contribution >= 4 is 31.0 Å². The summed E-state index contributed by atoms with van der Waals surface area (Å²) in [5, 5.41) is 26.2. The molecule has 0 amide bonds. The van der Waals surface area contributed by atoms with Crippen LogP contribution in [0.2, 0.25) is 0 Å². The summed E-state index contributed by atoms with van der Waals surface area (Å²) in [5.74, 6) is -1.28. The SMILES string of the molecule is CC(C)(C)C(=O)OCOP(=O)(OCOC(=O)C(C)(C)C)OC[C@H]1O[C@@H](c2ccc3c(N)ccnn23)[C@](C)(O)[C@@H]1O. The number of fused-ring (bicyclic) bond motifs is 1. The molecule has 0 bridgehead atoms. The van der Waals surface area contributed by atoms with E-state index in [1.165, 1.54) is 17.6 Å². The van der Waals surface area contributed by atoms with Gasteiger partial charge in [-0.2, -0.15) is 5.10 Å². The van der Waals surface area contributed by atoms with Gasteiger partial charge in [-0.05, 0) is 66.7 Å². The number of rotatable bonds is 10. The molecule has 0 aliphatic carbocycles. The highest BCUT2D eigenvalue weighted by Gasteiger charge is 2.54. The molecular weight excluding hydrogens is 549 g/mol. The Morgan fingerprint density at radius 1 is 1.05 bits per heavy atom. The van der Waals surface area contributed by atoms with Gasteiger partial charge in [-0.1, -0.05) is 0 Å². The fourth-order valence-electron chi connectivity index (χ4n) is 3.67. The first-order chi connectivity index (χ1) is 18.4. The van der Waals surface area contributed by atoms with Crippen molar-refractivity contribution in [2.75, 3.05) is 25.9 Å². The third kappa shape index (κ3) is 7.19. The van der Waals surface area contributed by atoms with Crippen LogP contribution in [0.1, 0.15) is 60.3 Å². The van der Waals surface area contributed by atoms with Gasteiger partial charge in [-0.3, -0.25) is 14.1 Å². The lowest BCUT2D eigenvalue weighted by molar-refractivity contribution is -0.163. The Kier molecular flexibility index (Phi) is 9.36. The average Bonchev–Trinajstić information content (AvgIpc) is 3.36. The van der Waals surface area contributed by atoms with Crippen LogP contribution in [0.4, 0.5) is 5.69 Å². The minimum absolute atomic E-state index is 0.410. The van der Waals surface area contributed by atoms with E-state index in [0.717, 1.165) is 0 Å². The standard InChI is InChI=1S/C25H38N3O11P/c1-23(2,3)21(30)34-13-37-40(33,38-14-35-22(31)24(4,5)6)36-12-18-19(29)25(7,32)20(39-18)17-9-8-16-15(26)10-11-27-28(16)17/h8-11,18-20,29,32H,12-14,26H2,1-7H3/t18-,19-,20+,25-/m1/s1. The number of hydrogen-bond acceptors (Lipinski definition) is 13. The maximum Gasteiger partial charge on any atom is 0.480 e. The predicted molar refractivity (Wildman–Crippen MR) is 140 cm³/mol. The molecule has 0 unspecified atom stereocenters. The summed E-state index contributed by atoms with van der Waals surface area (Å²) in [4.78, 5) is 24.1. The third-order valence-corrected chi connectivity index (χ3v) is 7.41. The summed E-state index contributed by atoms with van der Waals surface area (Å²) in [7, 11) is -4.54. The molecule has 1 saturated heterocycles. The number of carbonyl (C=O) groups is 2. The number of phosphoric ester groups is 1. The number of nitrogens with zero attached hydrogens (tertiary/aromatic N) is 2. The number of nitrogen functional groups attached to an aromatic ring is 1. The zero-order valence-electron chi connectivity index (χ0n) is 23.7. The number of esters is 2. The Balaban J connectivity index is 1.73. The highest BCUT2D eigenvalue weighted by molar-refractivity contribution is 7.48. The van der Waals surface area contributed by atoms with E-state index < -0.39 is 74.7 Å². The molecule has 0 spiro atoms. The van der Waals surface area contributed by atoms with Crippen molar-refractivity contribution < 1.29 is 52.1 Å². The number of nitrogens with two attached hydrogens (primary N) is 1. The number of phosphoric acid groups is 1. The second-order valence-electron chi connectivity index (χ2n) is 11.7. The minimum atomic E-state index is -4.54. The van der Waals surface area contributed by atoms with Crippen LogP contribution in [-0.4, -0.2) is 69.8 Å². The predicted octanol–water partition coefficient (Wildman–Crippen LogP) is 2.72. The molecule has 40 heavy (non-hydrogen) atoms. The van der Waals surface area contributed by atoms with Crippen LogP contribution in [-0.2, 0) is 41.9 Å². The van der Waals surface area contributed by atoms with Gasteiger partial charge in [0, 0.05) is 6.20 Å². The highest BCUT2D eigenvalue weighted by atomic mass is 31.2. The molecule has 224 valence electrons. The second-order valence-corrected chi connectivity index (χ2v) is 13.3. The van der Waals surface area contributed by atoms with E-state index in [-0.39, 0.29) is 0 Å². The van der Waals surface area contributed by atoms with Crippen LogP contribution in [0.25, 0.3) is 5.52 Å². The molecule has 4 N–H and O–H groups in total. The van der Waals surface area contributed by atoms with E-state index in [1.54, 1.807) is 59.7 Å². The van der Waals surface area contributed by atoms with E-state index >= 15 is 0 Å². The molecule has 2 aromatic rings. The van der Waals surface area contributed by atoms with Crippen LogP contribution in [0, 0.1) is 10.8 Å². The maximum absolute atomic E-state index is 13.3. The Morgan fingerprint density at radius 2 is 1.60 bits per heavy atom. The number of aliphatic hydroxyl groups excluding tert-OH is 1. The summed E-state index contributed by atoms with van der Waals surface area (Å²) < 4.78 is 46.4. The normalized spacial score (nSPS) is 23.9. The van der Waals surface area contributed by atoms with Crippen molar-refractivity contribution in [3.63, 3.8) is 0 Å². The first-order valence-corrected chi connectivity index (χ1v) is 14.0. The summed E-state index contributed by atoms with van der Waals surface area (Å²) in [6.07, 6.45) is -2.30. The zero-order valence-corrected chi connectivity index (χ0v) is 24.5. The van der Waals surface area contributed by atoms with Crippen molar-refractivity contribution in [2.45, 2.75) is 72.4 Å². The van der Waals surface area contributed by atoms with E-state index in [0.29, 0.717) is 16.9 Å². The van der Waals surface area contributed by atoms with Gasteiger partial charge >= 0.3 is 19.8 Å². The summed E-state index contributed by atoms with van der Waals surface area (Å²) in [6, 6.07) is 4.96. The lowest BCUT2D eigenvalue weighted by atomic mass is 9.91. The molecule has 2 aromatic heterocycles. The van der Waals surface area contributed by atoms with E-state index in [1.807, 2.05) is 0 Å². The Hall–Kier alpha value is -2.58. The van der Waals surface area contributed by atoms with Gasteiger partial charge in [0.25, 0.3) is 0 Å². The Bertz CT molecular complexity index is 1230. The molecule has 1 aliphatic rings. The van der Waals surface area contributed by atoms with E-state index in [4.69, 9.17) is 33.5 Å². The van der Waals surface area contributed by atoms with E-state index in [9.17, 15) is 24.4 Å². The lowest BCUT2D eigenvalue weighted by Gasteiger charge is -2.26. The van der Waals surface area contributed by atoms with Gasteiger partial charge in [-0.25, -0.2) is 18.1 Å². The third-order valence-electron chi connectivity index (χ3n) is 6.10. The van der Waals surface area contributed by atoms with Gasteiger partial charge in [0.05, 0.1) is 34.3 Å². The van der Waals surface area contributed by atoms with Gasteiger partial charge in [-0.15, -0.1) is 0 Å². The van der Waals surface area contributed by atoms with Gasteiger partial charge in [0.2, 0.25) is 13.6 Å². The van der Waals surface area contributed by atoms with Crippen molar-refractivity contribution in [3.8, 4) is 0 Å². The number of aliphatic hydroxyl groups is 2. The molecule has 14 nitrogen and oxygen atoms in total. The molecule has 1 aliphatic heterocycles. The van der Waals surface area contributed by atoms with Crippen LogP contribution >= 0.6 is 7.82 Å². The Morgan fingerprint density at radius 3 is 2.12 bits per heavy atom. The fraction of sp³-hybridized carbons (Fsp3) is 0.640. The van der Waals surface area contributed by atoms with Crippen molar-refractivity contribution in [2.24, 2.45) is 10.8 Å². The zero-order chi connectivity index (χ0) is 30.1. The topological polar surface area (TPSA) is 190 Å². The summed E-state index contributed by atoms with van der Waals surface area (Å²) in [6.45, 7) is 8.92. The van der Waals surface area contributed by atoms with Crippen LogP contribution in [0.15, 0.2) is 24.4 Å². The van der Waals surface area contributed by atoms with Crippen LogP contribution in [0.5, 0.6) is 0 Å². The minimum Gasteiger partial charge on any atom is -0.437 e. The summed E-state index contributed by atoms with van der Waals surface area (Å²) >= 11 is 0. The molecule has 0 aromatic carbocycles. The van der Waals surface area contributed by atoms with Gasteiger partial charge < -0.3 is 30.2 Å². The van der Waals surface area contributed by atoms with Crippen LogP contribution in [0.3, 0.4) is 0 Å². The monoisotopic (exact) mass is 587 g/mol. The molecule has 3 heterocycles. The smallest absolute Gasteiger partial charge is 0.437 e. The van der Waals surface area contributed by atoms with Crippen molar-refractivity contribution in [3.05, 3.63) is 30.1 Å². The molecule has 0 saturated carbocycles. The second kappa shape index (κ2) is 11.7. The average molecular weight is 588 g/mol. The molecule has 4 atom stereocenters. The molecule has 3 rings (SSSR count). The number of ether oxygens (including phenoxy) is 3. The number of carbonyl (C=O) groups excluding carboxylic acids is 2. The summed E-state index contributed by atoms with van der Waals surface area (Å²) in [5.41, 5.74) is 3.90. The number of aromatic nitrogens is 2. The highest BCUT2D eigenvalue weighted by Crippen LogP contribution is 2.51. The maximum atomic E-state index is 13.3. The molecule has 1 fully saturated rings. The molecular formula is C25H38N3O11P. The largest absolute Gasteiger partial charge is 0.480 e. The van der Waals surface area contributed by atoms with Crippen molar-refractivity contribution in [1.29, 1.82) is 0 Å². The van der Waals surface area contributed by atoms with Crippen molar-refractivity contribution in [1.82, 2.24) is 9.61 Å². The van der Waals surface area contributed by atoms with Gasteiger partial charge in [0.15, 0.2) is 0 Å². The lowest BCUT2D eigenvalue weighted by Crippen LogP contribution is -2.43. The molecule has 15 heteroatoms. The fourth-order valence-corrected chi connectivity index (χ4v) is 4.59. The first-order valence-electron chi connectivity index (χ1n) is 12.5. The van der Waals surface area contributed by atoms with E-state index in [2.05, 4.69) is 5.10 Å². The quantitative estimate of drug-likeness (QED) is 0.209. The number of hydrogen-bond donors (Lipinski definition) is 3. The molecule has 0 radical (unpaired) electrons. The Labute approximate surface area is 232 Å². The first kappa shape index (κ1) is 31.9.